The van der Waals surface area contributed by atoms with Gasteiger partial charge in [0.15, 0.2) is 11.5 Å². The lowest BCUT2D eigenvalue weighted by molar-refractivity contribution is 0.0305. The second-order valence-corrected chi connectivity index (χ2v) is 6.58. The minimum Gasteiger partial charge on any atom is -0.379 e. The first-order valence-electron chi connectivity index (χ1n) is 8.88. The van der Waals surface area contributed by atoms with Crippen LogP contribution in [0, 0.1) is 0 Å². The summed E-state index contributed by atoms with van der Waals surface area (Å²) in [4.78, 5) is 14.6. The molecule has 23 heavy (non-hydrogen) atoms. The zero-order valence-electron chi connectivity index (χ0n) is 13.8. The Morgan fingerprint density at radius 2 is 1.87 bits per heavy atom. The predicted octanol–water partition coefficient (Wildman–Crippen LogP) is 2.35. The van der Waals surface area contributed by atoms with E-state index in [1.54, 1.807) is 6.07 Å². The number of ether oxygens (including phenoxy) is 1. The van der Waals surface area contributed by atoms with Crippen molar-refractivity contribution in [1.29, 1.82) is 0 Å². The molecule has 128 valence electrons. The van der Waals surface area contributed by atoms with Crippen molar-refractivity contribution in [3.8, 4) is 0 Å². The Morgan fingerprint density at radius 3 is 2.61 bits per heavy atom. The number of carbonyl (C=O) groups is 1. The summed E-state index contributed by atoms with van der Waals surface area (Å²) < 4.78 is 10.7. The summed E-state index contributed by atoms with van der Waals surface area (Å²) in [5, 5.41) is 7.07. The van der Waals surface area contributed by atoms with Gasteiger partial charge in [0.05, 0.1) is 19.8 Å². The van der Waals surface area contributed by atoms with E-state index in [1.807, 2.05) is 0 Å². The number of carbonyl (C=O) groups excluding carboxylic acids is 1. The molecule has 1 aliphatic carbocycles. The van der Waals surface area contributed by atoms with Crippen molar-refractivity contribution in [1.82, 2.24) is 15.4 Å². The third-order valence-corrected chi connectivity index (χ3v) is 4.72. The average molecular weight is 321 g/mol. The predicted molar refractivity (Wildman–Crippen MR) is 86.2 cm³/mol. The van der Waals surface area contributed by atoms with Gasteiger partial charge in [-0.05, 0) is 12.8 Å². The molecule has 0 unspecified atom stereocenters. The lowest BCUT2D eigenvalue weighted by Crippen LogP contribution is -2.36. The van der Waals surface area contributed by atoms with Crippen LogP contribution in [0.25, 0.3) is 0 Å². The Labute approximate surface area is 137 Å². The Hall–Kier alpha value is -1.40. The van der Waals surface area contributed by atoms with E-state index < -0.39 is 0 Å². The van der Waals surface area contributed by atoms with Gasteiger partial charge in [0, 0.05) is 25.2 Å². The molecule has 1 aromatic rings. The number of rotatable bonds is 4. The van der Waals surface area contributed by atoms with Crippen molar-refractivity contribution in [2.45, 2.75) is 57.5 Å². The molecule has 0 radical (unpaired) electrons. The van der Waals surface area contributed by atoms with Gasteiger partial charge >= 0.3 is 0 Å². The van der Waals surface area contributed by atoms with Crippen LogP contribution in [0.2, 0.25) is 0 Å². The topological polar surface area (TPSA) is 67.6 Å². The van der Waals surface area contributed by atoms with E-state index in [9.17, 15) is 4.79 Å². The van der Waals surface area contributed by atoms with Gasteiger partial charge < -0.3 is 14.6 Å². The van der Waals surface area contributed by atoms with Crippen molar-refractivity contribution in [2.75, 3.05) is 26.3 Å². The molecular formula is C17H27N3O3. The lowest BCUT2D eigenvalue weighted by atomic mass is 9.96. The van der Waals surface area contributed by atoms with Crippen LogP contribution in [-0.2, 0) is 11.3 Å². The SMILES string of the molecule is O=C(NC1CCCCCCC1)c1cc(CN2CCOCC2)on1. The van der Waals surface area contributed by atoms with Gasteiger partial charge in [-0.3, -0.25) is 9.69 Å². The smallest absolute Gasteiger partial charge is 0.273 e. The molecule has 0 bridgehead atoms. The van der Waals surface area contributed by atoms with Crippen LogP contribution in [0.15, 0.2) is 10.6 Å². The summed E-state index contributed by atoms with van der Waals surface area (Å²) in [5.74, 6) is 0.641. The summed E-state index contributed by atoms with van der Waals surface area (Å²) >= 11 is 0. The first kappa shape index (κ1) is 16.5. The van der Waals surface area contributed by atoms with E-state index in [4.69, 9.17) is 9.26 Å². The highest BCUT2D eigenvalue weighted by Crippen LogP contribution is 2.17. The zero-order chi connectivity index (χ0) is 15.9. The lowest BCUT2D eigenvalue weighted by Gasteiger charge is -2.25. The van der Waals surface area contributed by atoms with Crippen molar-refractivity contribution >= 4 is 5.91 Å². The molecule has 0 spiro atoms. The third kappa shape index (κ3) is 5.04. The first-order valence-corrected chi connectivity index (χ1v) is 8.88. The quantitative estimate of drug-likeness (QED) is 0.922. The molecule has 1 saturated carbocycles. The van der Waals surface area contributed by atoms with Gasteiger partial charge in [-0.15, -0.1) is 0 Å². The second kappa shape index (κ2) is 8.45. The highest BCUT2D eigenvalue weighted by atomic mass is 16.5. The molecule has 6 heteroatoms. The van der Waals surface area contributed by atoms with Crippen LogP contribution in [-0.4, -0.2) is 48.3 Å². The number of nitrogens with one attached hydrogen (secondary N) is 1. The molecule has 0 aromatic carbocycles. The molecule has 0 atom stereocenters. The van der Waals surface area contributed by atoms with Crippen LogP contribution >= 0.6 is 0 Å². The number of hydrogen-bond donors (Lipinski definition) is 1. The second-order valence-electron chi connectivity index (χ2n) is 6.58. The van der Waals surface area contributed by atoms with E-state index in [0.29, 0.717) is 12.2 Å². The first-order chi connectivity index (χ1) is 11.3. The Morgan fingerprint density at radius 1 is 1.17 bits per heavy atom. The fourth-order valence-corrected chi connectivity index (χ4v) is 3.33. The van der Waals surface area contributed by atoms with E-state index in [0.717, 1.165) is 44.9 Å². The maximum absolute atomic E-state index is 12.3. The summed E-state index contributed by atoms with van der Waals surface area (Å²) in [6.45, 7) is 3.98. The number of morpholine rings is 1. The molecule has 6 nitrogen and oxygen atoms in total. The highest BCUT2D eigenvalue weighted by molar-refractivity contribution is 5.92. The summed E-state index contributed by atoms with van der Waals surface area (Å²) in [7, 11) is 0. The molecule has 2 aliphatic rings. The van der Waals surface area contributed by atoms with Crippen molar-refractivity contribution < 1.29 is 14.1 Å². The largest absolute Gasteiger partial charge is 0.379 e. The average Bonchev–Trinajstić information content (AvgIpc) is 2.99. The normalized spacial score (nSPS) is 21.6. The molecular weight excluding hydrogens is 294 g/mol. The van der Waals surface area contributed by atoms with Gasteiger partial charge in [0.25, 0.3) is 5.91 Å². The highest BCUT2D eigenvalue weighted by Gasteiger charge is 2.19. The van der Waals surface area contributed by atoms with Crippen LogP contribution < -0.4 is 5.32 Å². The standard InChI is InChI=1S/C17H27N3O3/c21-17(18-14-6-4-2-1-3-5-7-14)16-12-15(23-19-16)13-20-8-10-22-11-9-20/h12,14H,1-11,13H2,(H,18,21). The maximum atomic E-state index is 12.3. The number of aromatic nitrogens is 1. The van der Waals surface area contributed by atoms with Gasteiger partial charge in [-0.25, -0.2) is 0 Å². The summed E-state index contributed by atoms with van der Waals surface area (Å²) in [6.07, 6.45) is 8.43. The van der Waals surface area contributed by atoms with Crippen molar-refractivity contribution in [2.24, 2.45) is 0 Å². The fraction of sp³-hybridized carbons (Fsp3) is 0.765. The van der Waals surface area contributed by atoms with E-state index >= 15 is 0 Å². The monoisotopic (exact) mass is 321 g/mol. The number of hydrogen-bond acceptors (Lipinski definition) is 5. The molecule has 2 fully saturated rings. The maximum Gasteiger partial charge on any atom is 0.273 e. The summed E-state index contributed by atoms with van der Waals surface area (Å²) in [5.41, 5.74) is 0.398. The van der Waals surface area contributed by atoms with Crippen LogP contribution in [0.4, 0.5) is 0 Å². The fourth-order valence-electron chi connectivity index (χ4n) is 3.33. The Kier molecular flexibility index (Phi) is 6.05. The minimum absolute atomic E-state index is 0.104. The van der Waals surface area contributed by atoms with Gasteiger partial charge in [-0.2, -0.15) is 0 Å². The third-order valence-electron chi connectivity index (χ3n) is 4.72. The molecule has 1 aromatic heterocycles. The van der Waals surface area contributed by atoms with Gasteiger partial charge in [0.2, 0.25) is 0 Å². The molecule has 3 rings (SSSR count). The van der Waals surface area contributed by atoms with E-state index in [1.165, 1.54) is 32.1 Å². The molecule has 1 saturated heterocycles. The summed E-state index contributed by atoms with van der Waals surface area (Å²) in [6, 6.07) is 2.05. The molecule has 1 N–H and O–H groups in total. The number of amides is 1. The van der Waals surface area contributed by atoms with Crippen molar-refractivity contribution in [3.63, 3.8) is 0 Å². The molecule has 1 aliphatic heterocycles. The van der Waals surface area contributed by atoms with Crippen LogP contribution in [0.1, 0.15) is 61.2 Å². The molecule has 1 amide bonds. The Bertz CT molecular complexity index is 489. The minimum atomic E-state index is -0.104. The van der Waals surface area contributed by atoms with Crippen molar-refractivity contribution in [3.05, 3.63) is 17.5 Å². The van der Waals surface area contributed by atoms with Crippen LogP contribution in [0.5, 0.6) is 0 Å². The Balaban J connectivity index is 1.50. The van der Waals surface area contributed by atoms with Gasteiger partial charge in [-0.1, -0.05) is 37.3 Å². The number of nitrogens with zero attached hydrogens (tertiary/aromatic N) is 2. The van der Waals surface area contributed by atoms with Crippen LogP contribution in [0.3, 0.4) is 0 Å². The molecule has 2 heterocycles. The van der Waals surface area contributed by atoms with Gasteiger partial charge in [0.1, 0.15) is 0 Å². The van der Waals surface area contributed by atoms with E-state index in [-0.39, 0.29) is 11.9 Å². The van der Waals surface area contributed by atoms with E-state index in [2.05, 4.69) is 15.4 Å². The zero-order valence-corrected chi connectivity index (χ0v) is 13.8.